The van der Waals surface area contributed by atoms with E-state index in [1.165, 1.54) is 5.56 Å². The van der Waals surface area contributed by atoms with Gasteiger partial charge in [-0.25, -0.2) is 4.39 Å². The van der Waals surface area contributed by atoms with Crippen LogP contribution in [-0.4, -0.2) is 25.9 Å². The maximum Gasteiger partial charge on any atom is 0.118 e. The summed E-state index contributed by atoms with van der Waals surface area (Å²) < 4.78 is 18.9. The molecule has 1 aromatic carbocycles. The van der Waals surface area contributed by atoms with E-state index in [1.54, 1.807) is 7.11 Å². The zero-order valence-corrected chi connectivity index (χ0v) is 10.3. The summed E-state index contributed by atoms with van der Waals surface area (Å²) in [5.41, 5.74) is 1.17. The monoisotopic (exact) mass is 237 g/mol. The summed E-state index contributed by atoms with van der Waals surface area (Å²) in [5, 5.41) is 3.22. The Hall–Kier alpha value is -1.09. The van der Waals surface area contributed by atoms with Crippen LogP contribution >= 0.6 is 0 Å². The number of methoxy groups -OCH3 is 1. The van der Waals surface area contributed by atoms with E-state index in [9.17, 15) is 4.39 Å². The molecule has 1 N–H and O–H groups in total. The molecule has 1 aliphatic rings. The Bertz CT molecular complexity index is 333. The molecule has 0 aromatic heterocycles. The van der Waals surface area contributed by atoms with Crippen molar-refractivity contribution in [3.8, 4) is 5.75 Å². The quantitative estimate of drug-likeness (QED) is 0.850. The lowest BCUT2D eigenvalue weighted by atomic mass is 10.0. The molecule has 0 aliphatic carbocycles. The summed E-state index contributed by atoms with van der Waals surface area (Å²) in [5.74, 6) is 0.850. The van der Waals surface area contributed by atoms with Gasteiger partial charge in [-0.05, 0) is 49.9 Å². The molecule has 3 heteroatoms. The third kappa shape index (κ3) is 3.43. The number of rotatable bonds is 5. The van der Waals surface area contributed by atoms with Crippen LogP contribution in [0.1, 0.15) is 24.8 Å². The predicted molar refractivity (Wildman–Crippen MR) is 67.2 cm³/mol. The van der Waals surface area contributed by atoms with Crippen molar-refractivity contribution in [1.82, 2.24) is 5.32 Å². The Morgan fingerprint density at radius 1 is 1.41 bits per heavy atom. The molecular formula is C14H20FNO. The predicted octanol–water partition coefficient (Wildman–Crippen LogP) is 2.72. The molecule has 17 heavy (non-hydrogen) atoms. The molecule has 94 valence electrons. The number of aryl methyl sites for hydroxylation is 1. The average molecular weight is 237 g/mol. The SMILES string of the molecule is COc1ccc(CCC(F)C2CCCN2)cc1. The number of nitrogens with one attached hydrogen (secondary N) is 1. The molecular weight excluding hydrogens is 217 g/mol. The first kappa shape index (κ1) is 12.4. The zero-order valence-electron chi connectivity index (χ0n) is 10.3. The van der Waals surface area contributed by atoms with Crippen molar-refractivity contribution in [2.24, 2.45) is 0 Å². The van der Waals surface area contributed by atoms with E-state index >= 15 is 0 Å². The Morgan fingerprint density at radius 3 is 2.76 bits per heavy atom. The molecule has 2 rings (SSSR count). The van der Waals surface area contributed by atoms with Gasteiger partial charge in [-0.15, -0.1) is 0 Å². The van der Waals surface area contributed by atoms with Crippen molar-refractivity contribution in [2.75, 3.05) is 13.7 Å². The Balaban J connectivity index is 1.80. The fourth-order valence-electron chi connectivity index (χ4n) is 2.32. The Kier molecular flexibility index (Phi) is 4.37. The van der Waals surface area contributed by atoms with Crippen LogP contribution < -0.4 is 10.1 Å². The van der Waals surface area contributed by atoms with E-state index < -0.39 is 6.17 Å². The van der Waals surface area contributed by atoms with Crippen molar-refractivity contribution in [2.45, 2.75) is 37.9 Å². The highest BCUT2D eigenvalue weighted by atomic mass is 19.1. The molecule has 1 saturated heterocycles. The summed E-state index contributed by atoms with van der Waals surface area (Å²) in [4.78, 5) is 0. The smallest absolute Gasteiger partial charge is 0.118 e. The number of benzene rings is 1. The number of ether oxygens (including phenoxy) is 1. The van der Waals surface area contributed by atoms with E-state index in [0.29, 0.717) is 6.42 Å². The van der Waals surface area contributed by atoms with Crippen LogP contribution in [0.2, 0.25) is 0 Å². The average Bonchev–Trinajstić information content (AvgIpc) is 2.90. The maximum absolute atomic E-state index is 13.9. The van der Waals surface area contributed by atoms with Gasteiger partial charge in [-0.1, -0.05) is 12.1 Å². The van der Waals surface area contributed by atoms with Crippen LogP contribution in [0.3, 0.4) is 0 Å². The van der Waals surface area contributed by atoms with Gasteiger partial charge in [0.1, 0.15) is 11.9 Å². The molecule has 1 heterocycles. The molecule has 2 atom stereocenters. The molecule has 0 spiro atoms. The summed E-state index contributed by atoms with van der Waals surface area (Å²) in [6, 6.07) is 7.95. The van der Waals surface area contributed by atoms with Gasteiger partial charge in [-0.2, -0.15) is 0 Å². The normalized spacial score (nSPS) is 21.4. The highest BCUT2D eigenvalue weighted by Crippen LogP contribution is 2.18. The molecule has 2 nitrogen and oxygen atoms in total. The molecule has 1 aromatic rings. The fourth-order valence-corrected chi connectivity index (χ4v) is 2.32. The number of halogens is 1. The van der Waals surface area contributed by atoms with Gasteiger partial charge in [0, 0.05) is 6.04 Å². The van der Waals surface area contributed by atoms with Crippen molar-refractivity contribution in [3.05, 3.63) is 29.8 Å². The first-order valence-corrected chi connectivity index (χ1v) is 6.30. The van der Waals surface area contributed by atoms with Gasteiger partial charge < -0.3 is 10.1 Å². The first-order chi connectivity index (χ1) is 8.29. The van der Waals surface area contributed by atoms with E-state index in [-0.39, 0.29) is 6.04 Å². The second kappa shape index (κ2) is 6.01. The lowest BCUT2D eigenvalue weighted by Crippen LogP contribution is -2.32. The lowest BCUT2D eigenvalue weighted by molar-refractivity contribution is 0.250. The summed E-state index contributed by atoms with van der Waals surface area (Å²) in [6.45, 7) is 0.966. The van der Waals surface area contributed by atoms with Gasteiger partial charge in [0.25, 0.3) is 0 Å². The number of alkyl halides is 1. The molecule has 0 amide bonds. The largest absolute Gasteiger partial charge is 0.497 e. The van der Waals surface area contributed by atoms with Crippen LogP contribution in [-0.2, 0) is 6.42 Å². The third-order valence-electron chi connectivity index (χ3n) is 3.40. The van der Waals surface area contributed by atoms with E-state index in [2.05, 4.69) is 5.32 Å². The third-order valence-corrected chi connectivity index (χ3v) is 3.40. The topological polar surface area (TPSA) is 21.3 Å². The standard InChI is InChI=1S/C14H20FNO/c1-17-12-7-4-11(5-8-12)6-9-13(15)14-3-2-10-16-14/h4-5,7-8,13-14,16H,2-3,6,9-10H2,1H3. The first-order valence-electron chi connectivity index (χ1n) is 6.30. The van der Waals surface area contributed by atoms with Crippen LogP contribution in [0.25, 0.3) is 0 Å². The van der Waals surface area contributed by atoms with Crippen LogP contribution in [0.5, 0.6) is 5.75 Å². The summed E-state index contributed by atoms with van der Waals surface area (Å²) >= 11 is 0. The molecule has 0 bridgehead atoms. The summed E-state index contributed by atoms with van der Waals surface area (Å²) in [6.07, 6.45) is 2.75. The highest BCUT2D eigenvalue weighted by Gasteiger charge is 2.23. The van der Waals surface area contributed by atoms with Gasteiger partial charge >= 0.3 is 0 Å². The minimum atomic E-state index is -0.723. The van der Waals surface area contributed by atoms with Gasteiger partial charge in [0.15, 0.2) is 0 Å². The van der Waals surface area contributed by atoms with Gasteiger partial charge in [-0.3, -0.25) is 0 Å². The van der Waals surface area contributed by atoms with E-state index in [0.717, 1.165) is 31.6 Å². The van der Waals surface area contributed by atoms with E-state index in [1.807, 2.05) is 24.3 Å². The maximum atomic E-state index is 13.9. The lowest BCUT2D eigenvalue weighted by Gasteiger charge is -2.15. The second-order valence-electron chi connectivity index (χ2n) is 4.61. The second-order valence-corrected chi connectivity index (χ2v) is 4.61. The summed E-state index contributed by atoms with van der Waals surface area (Å²) in [7, 11) is 1.65. The molecule has 0 saturated carbocycles. The van der Waals surface area contributed by atoms with Crippen molar-refractivity contribution in [3.63, 3.8) is 0 Å². The fraction of sp³-hybridized carbons (Fsp3) is 0.571. The van der Waals surface area contributed by atoms with Crippen molar-refractivity contribution >= 4 is 0 Å². The van der Waals surface area contributed by atoms with Crippen LogP contribution in [0.4, 0.5) is 4.39 Å². The van der Waals surface area contributed by atoms with Crippen molar-refractivity contribution in [1.29, 1.82) is 0 Å². The number of hydrogen-bond donors (Lipinski definition) is 1. The van der Waals surface area contributed by atoms with Gasteiger partial charge in [0.2, 0.25) is 0 Å². The molecule has 0 radical (unpaired) electrons. The minimum absolute atomic E-state index is 0.0771. The van der Waals surface area contributed by atoms with Gasteiger partial charge in [0.05, 0.1) is 7.11 Å². The number of hydrogen-bond acceptors (Lipinski definition) is 2. The van der Waals surface area contributed by atoms with Crippen LogP contribution in [0, 0.1) is 0 Å². The molecule has 2 unspecified atom stereocenters. The van der Waals surface area contributed by atoms with Crippen LogP contribution in [0.15, 0.2) is 24.3 Å². The molecule has 1 aliphatic heterocycles. The highest BCUT2D eigenvalue weighted by molar-refractivity contribution is 5.27. The molecule has 1 fully saturated rings. The minimum Gasteiger partial charge on any atom is -0.497 e. The van der Waals surface area contributed by atoms with Crippen molar-refractivity contribution < 1.29 is 9.13 Å². The zero-order chi connectivity index (χ0) is 12.1. The Morgan fingerprint density at radius 2 is 2.18 bits per heavy atom. The Labute approximate surface area is 102 Å². The van der Waals surface area contributed by atoms with E-state index in [4.69, 9.17) is 4.74 Å².